The molecule has 0 unspecified atom stereocenters. The summed E-state index contributed by atoms with van der Waals surface area (Å²) in [5.41, 5.74) is 0. The van der Waals surface area contributed by atoms with Gasteiger partial charge in [-0.15, -0.1) is 0 Å². The maximum atomic E-state index is 11.9. The van der Waals surface area contributed by atoms with Gasteiger partial charge in [0, 0.05) is 12.7 Å². The van der Waals surface area contributed by atoms with Gasteiger partial charge in [-0.05, 0) is 0 Å². The van der Waals surface area contributed by atoms with Gasteiger partial charge < -0.3 is 35.8 Å². The molecule has 0 radical (unpaired) electrons. The first-order chi connectivity index (χ1) is 9.81. The van der Waals surface area contributed by atoms with Gasteiger partial charge in [0.1, 0.15) is 30.4 Å². The molecular formula is C11H20N2O7S. The molecule has 6 atom stereocenters. The van der Waals surface area contributed by atoms with Crippen molar-refractivity contribution in [2.75, 3.05) is 12.4 Å². The van der Waals surface area contributed by atoms with Gasteiger partial charge in [0.05, 0.1) is 6.61 Å². The van der Waals surface area contributed by atoms with E-state index in [4.69, 9.17) is 9.84 Å². The highest BCUT2D eigenvalue weighted by Gasteiger charge is 2.44. The molecule has 0 aromatic rings. The summed E-state index contributed by atoms with van der Waals surface area (Å²) in [6.07, 6.45) is -5.77. The van der Waals surface area contributed by atoms with E-state index in [1.807, 2.05) is 0 Å². The zero-order valence-corrected chi connectivity index (χ0v) is 12.2. The number of carbonyl (C=O) groups excluding carboxylic acids is 2. The van der Waals surface area contributed by atoms with E-state index in [-0.39, 0.29) is 5.75 Å². The quantitative estimate of drug-likeness (QED) is 0.258. The van der Waals surface area contributed by atoms with Crippen LogP contribution < -0.4 is 10.6 Å². The number of ether oxygens (including phenoxy) is 1. The minimum atomic E-state index is -1.61. The van der Waals surface area contributed by atoms with Gasteiger partial charge in [-0.2, -0.15) is 12.6 Å². The van der Waals surface area contributed by atoms with Crippen LogP contribution in [0.5, 0.6) is 0 Å². The van der Waals surface area contributed by atoms with Crippen LogP contribution in [0.4, 0.5) is 0 Å². The molecule has 1 aliphatic rings. The number of thiol groups is 1. The summed E-state index contributed by atoms with van der Waals surface area (Å²) in [7, 11) is 0. The second-order valence-electron chi connectivity index (χ2n) is 4.70. The summed E-state index contributed by atoms with van der Waals surface area (Å²) in [6, 6.07) is -2.26. The predicted octanol–water partition coefficient (Wildman–Crippen LogP) is -3.66. The molecule has 1 rings (SSSR count). The summed E-state index contributed by atoms with van der Waals surface area (Å²) in [5, 5.41) is 42.9. The molecule has 2 amide bonds. The number of rotatable bonds is 5. The molecule has 1 saturated heterocycles. The van der Waals surface area contributed by atoms with E-state index >= 15 is 0 Å². The zero-order valence-electron chi connectivity index (χ0n) is 11.3. The lowest BCUT2D eigenvalue weighted by Gasteiger charge is -2.40. The Morgan fingerprint density at radius 1 is 1.29 bits per heavy atom. The summed E-state index contributed by atoms with van der Waals surface area (Å²) in [6.45, 7) is 0.633. The highest BCUT2D eigenvalue weighted by Crippen LogP contribution is 2.19. The maximum Gasteiger partial charge on any atom is 0.243 e. The van der Waals surface area contributed by atoms with Crippen LogP contribution in [-0.2, 0) is 14.3 Å². The van der Waals surface area contributed by atoms with Gasteiger partial charge in [-0.3, -0.25) is 9.59 Å². The van der Waals surface area contributed by atoms with Crippen LogP contribution in [0, 0.1) is 0 Å². The number of hydrogen-bond acceptors (Lipinski definition) is 8. The molecule has 1 heterocycles. The highest BCUT2D eigenvalue weighted by atomic mass is 32.1. The van der Waals surface area contributed by atoms with Crippen LogP contribution in [0.15, 0.2) is 0 Å². The van der Waals surface area contributed by atoms with Gasteiger partial charge >= 0.3 is 0 Å². The van der Waals surface area contributed by atoms with Gasteiger partial charge in [0.2, 0.25) is 11.8 Å². The Morgan fingerprint density at radius 2 is 1.90 bits per heavy atom. The minimum absolute atomic E-state index is 0.00694. The lowest BCUT2D eigenvalue weighted by molar-refractivity contribution is -0.253. The third kappa shape index (κ3) is 4.53. The average molecular weight is 324 g/mol. The highest BCUT2D eigenvalue weighted by molar-refractivity contribution is 7.80. The smallest absolute Gasteiger partial charge is 0.243 e. The van der Waals surface area contributed by atoms with E-state index in [0.29, 0.717) is 0 Å². The van der Waals surface area contributed by atoms with Crippen molar-refractivity contribution in [3.05, 3.63) is 0 Å². The molecule has 0 bridgehead atoms. The van der Waals surface area contributed by atoms with E-state index in [1.165, 1.54) is 6.92 Å². The predicted molar refractivity (Wildman–Crippen MR) is 73.4 cm³/mol. The number of nitrogens with one attached hydrogen (secondary N) is 2. The molecule has 0 aromatic heterocycles. The third-order valence-corrected chi connectivity index (χ3v) is 3.45. The molecular weight excluding hydrogens is 304 g/mol. The second-order valence-corrected chi connectivity index (χ2v) is 5.06. The van der Waals surface area contributed by atoms with Crippen molar-refractivity contribution >= 4 is 24.4 Å². The van der Waals surface area contributed by atoms with Crippen LogP contribution in [0.2, 0.25) is 0 Å². The van der Waals surface area contributed by atoms with Crippen molar-refractivity contribution in [2.24, 2.45) is 0 Å². The Morgan fingerprint density at radius 3 is 2.38 bits per heavy atom. The Labute approximate surface area is 126 Å². The lowest BCUT2D eigenvalue weighted by atomic mass is 9.97. The fourth-order valence-corrected chi connectivity index (χ4v) is 2.21. The van der Waals surface area contributed by atoms with Crippen LogP contribution >= 0.6 is 12.6 Å². The van der Waals surface area contributed by atoms with E-state index in [2.05, 4.69) is 23.3 Å². The number of carbonyl (C=O) groups is 2. The lowest BCUT2D eigenvalue weighted by Crippen LogP contribution is -2.65. The fraction of sp³-hybridized carbons (Fsp3) is 0.818. The molecule has 6 N–H and O–H groups in total. The van der Waals surface area contributed by atoms with Crippen molar-refractivity contribution in [3.8, 4) is 0 Å². The van der Waals surface area contributed by atoms with Gasteiger partial charge in [-0.1, -0.05) is 0 Å². The maximum absolute atomic E-state index is 11.9. The van der Waals surface area contributed by atoms with Gasteiger partial charge in [-0.25, -0.2) is 0 Å². The van der Waals surface area contributed by atoms with E-state index in [0.717, 1.165) is 0 Å². The second kappa shape index (κ2) is 7.92. The molecule has 1 fully saturated rings. The Bertz CT molecular complexity index is 384. The van der Waals surface area contributed by atoms with Crippen molar-refractivity contribution in [1.29, 1.82) is 0 Å². The number of aliphatic hydroxyl groups is 4. The van der Waals surface area contributed by atoms with Gasteiger partial charge in [0.25, 0.3) is 0 Å². The van der Waals surface area contributed by atoms with Crippen molar-refractivity contribution < 1.29 is 34.8 Å². The summed E-state index contributed by atoms with van der Waals surface area (Å²) in [4.78, 5) is 22.9. The number of aliphatic hydroxyl groups excluding tert-OH is 4. The Balaban J connectivity index is 2.72. The molecule has 21 heavy (non-hydrogen) atoms. The molecule has 10 heteroatoms. The molecule has 0 aliphatic carbocycles. The zero-order chi connectivity index (χ0) is 16.2. The van der Waals surface area contributed by atoms with Crippen LogP contribution in [0.25, 0.3) is 0 Å². The first kappa shape index (κ1) is 18.1. The van der Waals surface area contributed by atoms with Crippen molar-refractivity contribution in [3.63, 3.8) is 0 Å². The fourth-order valence-electron chi connectivity index (χ4n) is 1.96. The Hall–Kier alpha value is -0.910. The SMILES string of the molecule is CC(=O)N[C@@H](CS)C(=O)N[C@@H]1[C@@H](O)[C@H](O)[C@@H](CO)O[C@@H]1O. The molecule has 1 aliphatic heterocycles. The van der Waals surface area contributed by atoms with Crippen LogP contribution in [-0.4, -0.2) is 81.3 Å². The molecule has 0 saturated carbocycles. The number of amides is 2. The van der Waals surface area contributed by atoms with E-state index < -0.39 is 55.1 Å². The topological polar surface area (TPSA) is 148 Å². The van der Waals surface area contributed by atoms with E-state index in [9.17, 15) is 24.9 Å². The van der Waals surface area contributed by atoms with Crippen molar-refractivity contribution in [1.82, 2.24) is 10.6 Å². The normalized spacial score (nSPS) is 34.1. The summed E-state index contributed by atoms with van der Waals surface area (Å²) in [5.74, 6) is -1.13. The summed E-state index contributed by atoms with van der Waals surface area (Å²) >= 11 is 3.93. The first-order valence-corrected chi connectivity index (χ1v) is 6.94. The monoisotopic (exact) mass is 324 g/mol. The van der Waals surface area contributed by atoms with Crippen LogP contribution in [0.3, 0.4) is 0 Å². The third-order valence-electron chi connectivity index (χ3n) is 3.09. The average Bonchev–Trinajstić information content (AvgIpc) is 2.44. The first-order valence-electron chi connectivity index (χ1n) is 6.30. The standard InChI is InChI=1S/C11H20N2O7S/c1-4(15)12-5(3-21)10(18)13-7-9(17)8(16)6(2-14)20-11(7)19/h5-9,11,14,16-17,19,21H,2-3H2,1H3,(H,12,15)(H,13,18)/t5-,6+,7+,8+,9+,11-/m0/s1. The van der Waals surface area contributed by atoms with Crippen LogP contribution in [0.1, 0.15) is 6.92 Å². The van der Waals surface area contributed by atoms with Gasteiger partial charge in [0.15, 0.2) is 6.29 Å². The van der Waals surface area contributed by atoms with E-state index in [1.54, 1.807) is 0 Å². The molecule has 0 spiro atoms. The molecule has 0 aromatic carbocycles. The largest absolute Gasteiger partial charge is 0.394 e. The Kier molecular flexibility index (Phi) is 6.84. The molecule has 9 nitrogen and oxygen atoms in total. The number of hydrogen-bond donors (Lipinski definition) is 7. The summed E-state index contributed by atoms with van der Waals surface area (Å²) < 4.78 is 4.90. The van der Waals surface area contributed by atoms with Crippen molar-refractivity contribution in [2.45, 2.75) is 43.6 Å². The minimum Gasteiger partial charge on any atom is -0.394 e. The molecule has 122 valence electrons.